The van der Waals surface area contributed by atoms with Gasteiger partial charge in [0, 0.05) is 18.3 Å². The summed E-state index contributed by atoms with van der Waals surface area (Å²) in [6, 6.07) is 15.5. The third-order valence-electron chi connectivity index (χ3n) is 6.63. The van der Waals surface area contributed by atoms with Crippen LogP contribution in [-0.2, 0) is 32.2 Å². The van der Waals surface area contributed by atoms with E-state index in [9.17, 15) is 18.3 Å². The normalized spacial score (nSPS) is 13.0. The van der Waals surface area contributed by atoms with Crippen LogP contribution in [0.1, 0.15) is 49.4 Å². The smallest absolute Gasteiger partial charge is 0.433 e. The molecule has 4 rings (SSSR count). The van der Waals surface area contributed by atoms with Crippen molar-refractivity contribution in [2.45, 2.75) is 64.5 Å². The number of hydrogen-bond donors (Lipinski definition) is 1. The molecule has 0 radical (unpaired) electrons. The first-order chi connectivity index (χ1) is 19.4. The highest BCUT2D eigenvalue weighted by Crippen LogP contribution is 2.38. The first-order valence-electron chi connectivity index (χ1n) is 13.2. The Morgan fingerprint density at radius 1 is 1.07 bits per heavy atom. The first-order valence-corrected chi connectivity index (χ1v) is 14.7. The fourth-order valence-electron chi connectivity index (χ4n) is 4.49. The fraction of sp³-hybridized carbons (Fsp3) is 0.400. The molecule has 0 bridgehead atoms. The zero-order valence-corrected chi connectivity index (χ0v) is 25.1. The Kier molecular flexibility index (Phi) is 10.2. The number of rotatable bonds is 13. The number of aryl methyl sites for hydroxylation is 1. The highest BCUT2D eigenvalue weighted by atomic mass is 79.9. The molecule has 2 aromatic carbocycles. The van der Waals surface area contributed by atoms with Gasteiger partial charge in [0.15, 0.2) is 17.3 Å². The van der Waals surface area contributed by atoms with Crippen molar-refractivity contribution < 1.29 is 27.4 Å². The Morgan fingerprint density at radius 3 is 2.51 bits per heavy atom. The van der Waals surface area contributed by atoms with Crippen molar-refractivity contribution >= 4 is 27.5 Å². The molecule has 0 aliphatic heterocycles. The van der Waals surface area contributed by atoms with Crippen LogP contribution in [0.25, 0.3) is 11.3 Å². The quantitative estimate of drug-likeness (QED) is 0.147. The Labute approximate surface area is 250 Å². The molecule has 1 atom stereocenters. The maximum absolute atomic E-state index is 14.0. The van der Waals surface area contributed by atoms with Crippen molar-refractivity contribution in [1.82, 2.24) is 14.8 Å². The van der Waals surface area contributed by atoms with Crippen LogP contribution < -0.4 is 4.74 Å². The van der Waals surface area contributed by atoms with Crippen LogP contribution in [0.2, 0.25) is 5.02 Å². The second-order valence-corrected chi connectivity index (χ2v) is 11.7. The lowest BCUT2D eigenvalue weighted by Gasteiger charge is -2.18. The number of aliphatic hydroxyl groups is 1. The van der Waals surface area contributed by atoms with Crippen LogP contribution in [-0.4, -0.2) is 30.8 Å². The molecule has 2 aromatic heterocycles. The molecular formula is C30H32BrClF3N3O3. The summed E-state index contributed by atoms with van der Waals surface area (Å²) >= 11 is 10.2. The topological polar surface area (TPSA) is 73.3 Å². The van der Waals surface area contributed by atoms with Crippen LogP contribution in [0.3, 0.4) is 0 Å². The molecule has 1 unspecified atom stereocenters. The lowest BCUT2D eigenvalue weighted by Crippen LogP contribution is -2.24. The number of alkyl halides is 4. The van der Waals surface area contributed by atoms with Gasteiger partial charge in [-0.15, -0.1) is 0 Å². The van der Waals surface area contributed by atoms with Crippen molar-refractivity contribution in [2.24, 2.45) is 5.92 Å². The van der Waals surface area contributed by atoms with E-state index in [4.69, 9.17) is 20.8 Å². The molecule has 220 valence electrons. The summed E-state index contributed by atoms with van der Waals surface area (Å²) in [4.78, 5) is 4.29. The van der Waals surface area contributed by atoms with E-state index in [2.05, 4.69) is 26.0 Å². The van der Waals surface area contributed by atoms with Crippen molar-refractivity contribution in [3.8, 4) is 17.1 Å². The van der Waals surface area contributed by atoms with Crippen molar-refractivity contribution in [1.29, 1.82) is 0 Å². The molecule has 0 amide bonds. The van der Waals surface area contributed by atoms with Gasteiger partial charge in [0.2, 0.25) is 0 Å². The van der Waals surface area contributed by atoms with Gasteiger partial charge < -0.3 is 14.3 Å². The molecule has 0 aliphatic carbocycles. The minimum absolute atomic E-state index is 0.00577. The maximum Gasteiger partial charge on any atom is 0.433 e. The molecule has 0 spiro atoms. The SMILES string of the molecule is CC(C)(O)CCn1ncc(-c2cnc(CC(CCBr)Cc3cccc(OCc4ccccc4)c3Cl)o2)c1C(F)(F)F. The molecule has 4 aromatic rings. The number of ether oxygens (including phenoxy) is 1. The largest absolute Gasteiger partial charge is 0.487 e. The van der Waals surface area contributed by atoms with E-state index in [-0.39, 0.29) is 30.2 Å². The van der Waals surface area contributed by atoms with Crippen LogP contribution in [0.5, 0.6) is 5.75 Å². The average molecular weight is 655 g/mol. The zero-order valence-electron chi connectivity index (χ0n) is 22.8. The lowest BCUT2D eigenvalue weighted by atomic mass is 9.93. The lowest BCUT2D eigenvalue weighted by molar-refractivity contribution is -0.144. The molecule has 6 nitrogen and oxygen atoms in total. The van der Waals surface area contributed by atoms with Gasteiger partial charge in [0.05, 0.1) is 28.6 Å². The van der Waals surface area contributed by atoms with Gasteiger partial charge in [-0.05, 0) is 56.2 Å². The summed E-state index contributed by atoms with van der Waals surface area (Å²) in [6.07, 6.45) is -0.341. The maximum atomic E-state index is 14.0. The number of nitrogens with zero attached hydrogens (tertiary/aromatic N) is 3. The standard InChI is InChI=1S/C30H32BrClF3N3O3/c1-29(2,39)12-14-38-28(30(33,34)35)23(17-37-38)25-18-36-26(41-25)16-21(11-13-31)15-22-9-6-10-24(27(22)32)40-19-20-7-4-3-5-8-20/h3-10,17-18,21,39H,11-16,19H2,1-2H3. The molecule has 41 heavy (non-hydrogen) atoms. The van der Waals surface area contributed by atoms with Gasteiger partial charge in [0.25, 0.3) is 0 Å². The van der Waals surface area contributed by atoms with Crippen LogP contribution in [0, 0.1) is 5.92 Å². The predicted octanol–water partition coefficient (Wildman–Crippen LogP) is 8.14. The second kappa shape index (κ2) is 13.4. The number of oxazole rings is 1. The van der Waals surface area contributed by atoms with Crippen LogP contribution in [0.15, 0.2) is 65.3 Å². The zero-order chi connectivity index (χ0) is 29.6. The Balaban J connectivity index is 1.49. The summed E-state index contributed by atoms with van der Waals surface area (Å²) in [6.45, 7) is 3.37. The molecular weight excluding hydrogens is 623 g/mol. The third kappa shape index (κ3) is 8.59. The molecule has 0 aliphatic rings. The van der Waals surface area contributed by atoms with E-state index in [1.165, 1.54) is 20.0 Å². The summed E-state index contributed by atoms with van der Waals surface area (Å²) in [5, 5.41) is 15.2. The molecule has 0 saturated carbocycles. The summed E-state index contributed by atoms with van der Waals surface area (Å²) in [5.41, 5.74) is -0.310. The van der Waals surface area contributed by atoms with E-state index in [1.54, 1.807) is 0 Å². The number of hydrogen-bond acceptors (Lipinski definition) is 5. The Hall–Kier alpha value is -2.82. The predicted molar refractivity (Wildman–Crippen MR) is 155 cm³/mol. The van der Waals surface area contributed by atoms with Gasteiger partial charge in [-0.2, -0.15) is 18.3 Å². The second-order valence-electron chi connectivity index (χ2n) is 10.6. The van der Waals surface area contributed by atoms with E-state index >= 15 is 0 Å². The van der Waals surface area contributed by atoms with E-state index in [0.29, 0.717) is 36.1 Å². The van der Waals surface area contributed by atoms with Gasteiger partial charge in [0.1, 0.15) is 12.4 Å². The van der Waals surface area contributed by atoms with Gasteiger partial charge in [-0.3, -0.25) is 4.68 Å². The van der Waals surface area contributed by atoms with Crippen molar-refractivity contribution in [2.75, 3.05) is 5.33 Å². The van der Waals surface area contributed by atoms with Crippen LogP contribution >= 0.6 is 27.5 Å². The average Bonchev–Trinajstić information content (AvgIpc) is 3.55. The van der Waals surface area contributed by atoms with Gasteiger partial charge >= 0.3 is 6.18 Å². The number of halogens is 5. The van der Waals surface area contributed by atoms with Gasteiger partial charge in [-0.25, -0.2) is 4.98 Å². The molecule has 2 heterocycles. The minimum Gasteiger partial charge on any atom is -0.487 e. The minimum atomic E-state index is -4.67. The molecule has 11 heteroatoms. The molecule has 0 saturated heterocycles. The fourth-order valence-corrected chi connectivity index (χ4v) is 5.40. The van der Waals surface area contributed by atoms with Gasteiger partial charge in [-0.1, -0.05) is 70.0 Å². The highest BCUT2D eigenvalue weighted by Gasteiger charge is 2.39. The van der Waals surface area contributed by atoms with E-state index in [0.717, 1.165) is 33.8 Å². The highest BCUT2D eigenvalue weighted by molar-refractivity contribution is 9.09. The summed E-state index contributed by atoms with van der Waals surface area (Å²) < 4.78 is 54.7. The van der Waals surface area contributed by atoms with Crippen molar-refractivity contribution in [3.05, 3.63) is 88.7 Å². The van der Waals surface area contributed by atoms with E-state index in [1.807, 2.05) is 48.5 Å². The molecule has 0 fully saturated rings. The monoisotopic (exact) mass is 653 g/mol. The Bertz CT molecular complexity index is 1420. The molecule has 1 N–H and O–H groups in total. The number of aromatic nitrogens is 3. The summed E-state index contributed by atoms with van der Waals surface area (Å²) in [7, 11) is 0. The van der Waals surface area contributed by atoms with Crippen LogP contribution in [0.4, 0.5) is 13.2 Å². The van der Waals surface area contributed by atoms with E-state index < -0.39 is 17.5 Å². The third-order valence-corrected chi connectivity index (χ3v) is 7.52. The Morgan fingerprint density at radius 2 is 1.83 bits per heavy atom. The number of benzene rings is 2. The summed E-state index contributed by atoms with van der Waals surface area (Å²) in [5.74, 6) is 0.967. The van der Waals surface area contributed by atoms with Crippen molar-refractivity contribution in [3.63, 3.8) is 0 Å². The first kappa shape index (κ1) is 31.1.